The van der Waals surface area contributed by atoms with Crippen LogP contribution in [0.4, 0.5) is 0 Å². The van der Waals surface area contributed by atoms with Crippen LogP contribution < -0.4 is 0 Å². The minimum Gasteiger partial charge on any atom is -0.244 e. The van der Waals surface area contributed by atoms with Crippen LogP contribution in [0, 0.1) is 6.73 Å². The molecule has 0 N–H and O–H groups in total. The van der Waals surface area contributed by atoms with E-state index in [9.17, 15) is 0 Å². The Balaban J connectivity index is 2.38. The van der Waals surface area contributed by atoms with E-state index >= 15 is 0 Å². The maximum absolute atomic E-state index is 4.64. The van der Waals surface area contributed by atoms with Gasteiger partial charge < -0.3 is 0 Å². The largest absolute Gasteiger partial charge is 0.244 e. The average molecular weight is 85.1 g/mol. The molecule has 0 aromatic rings. The molecule has 0 aliphatic carbocycles. The van der Waals surface area contributed by atoms with Crippen LogP contribution in [0.25, 0.3) is 0 Å². The van der Waals surface area contributed by atoms with Crippen LogP contribution in [0.1, 0.15) is 0 Å². The topological polar surface area (TPSA) is 24.8 Å². The first kappa shape index (κ1) is 3.61. The number of hydroxylamine groups is 2. The maximum Gasteiger partial charge on any atom is 0.225 e. The fraction of sp³-hybridized carbons (Fsp3) is 0.333. The molecule has 1 aliphatic heterocycles. The molecule has 0 amide bonds. The van der Waals surface area contributed by atoms with Crippen molar-refractivity contribution in [2.75, 3.05) is 7.05 Å². The van der Waals surface area contributed by atoms with E-state index in [1.807, 2.05) is 0 Å². The van der Waals surface area contributed by atoms with Crippen molar-refractivity contribution in [3.8, 4) is 0 Å². The molecule has 1 heterocycles. The smallest absolute Gasteiger partial charge is 0.225 e. The predicted octanol–water partition coefficient (Wildman–Crippen LogP) is 0.0110. The Morgan fingerprint density at radius 1 is 1.83 bits per heavy atom. The molecular formula is C3H5N2O. The quantitative estimate of drug-likeness (QED) is 0.414. The van der Waals surface area contributed by atoms with E-state index in [4.69, 9.17) is 0 Å². The molecule has 3 nitrogen and oxygen atoms in total. The predicted molar refractivity (Wildman–Crippen MR) is 21.6 cm³/mol. The van der Waals surface area contributed by atoms with E-state index in [1.165, 1.54) is 11.8 Å². The normalized spacial score (nSPS) is 19.8. The zero-order chi connectivity index (χ0) is 4.41. The van der Waals surface area contributed by atoms with Gasteiger partial charge in [-0.2, -0.15) is 0 Å². The van der Waals surface area contributed by atoms with Gasteiger partial charge in [0, 0.05) is 7.05 Å². The van der Waals surface area contributed by atoms with Crippen LogP contribution in [0.5, 0.6) is 0 Å². The molecule has 6 heavy (non-hydrogen) atoms. The van der Waals surface area contributed by atoms with E-state index in [2.05, 4.69) is 9.83 Å². The molecule has 0 aromatic carbocycles. The van der Waals surface area contributed by atoms with Gasteiger partial charge in [-0.3, -0.25) is 0 Å². The lowest BCUT2D eigenvalue weighted by molar-refractivity contribution is -0.0140. The molecule has 1 radical (unpaired) electrons. The van der Waals surface area contributed by atoms with Crippen LogP contribution in [-0.4, -0.2) is 18.4 Å². The zero-order valence-corrected chi connectivity index (χ0v) is 3.46. The Hall–Kier alpha value is -0.570. The highest BCUT2D eigenvalue weighted by Gasteiger charge is 1.95. The Morgan fingerprint density at radius 3 is 2.83 bits per heavy atom. The van der Waals surface area contributed by atoms with E-state index in [0.717, 1.165) is 0 Å². The van der Waals surface area contributed by atoms with Crippen molar-refractivity contribution in [2.45, 2.75) is 0 Å². The first-order valence-corrected chi connectivity index (χ1v) is 1.64. The first-order valence-electron chi connectivity index (χ1n) is 1.64. The van der Waals surface area contributed by atoms with Gasteiger partial charge in [-0.05, 0) is 0 Å². The molecule has 0 unspecified atom stereocenters. The standard InChI is InChI=1S/C3H5N2O/c1-5-2-4-3-6-5/h2-3H,1H3. The Labute approximate surface area is 36.2 Å². The van der Waals surface area contributed by atoms with Crippen molar-refractivity contribution in [3.05, 3.63) is 6.73 Å². The molecule has 1 rings (SSSR count). The summed E-state index contributed by atoms with van der Waals surface area (Å²) in [5.74, 6) is 0. The fourth-order valence-electron chi connectivity index (χ4n) is 0.250. The molecular weight excluding hydrogens is 80.0 g/mol. The van der Waals surface area contributed by atoms with Crippen molar-refractivity contribution >= 4 is 6.34 Å². The summed E-state index contributed by atoms with van der Waals surface area (Å²) in [7, 11) is 1.77. The summed E-state index contributed by atoms with van der Waals surface area (Å²) in [6, 6.07) is 0. The summed E-state index contributed by atoms with van der Waals surface area (Å²) in [5.41, 5.74) is 0. The van der Waals surface area contributed by atoms with Crippen molar-refractivity contribution < 1.29 is 4.84 Å². The highest BCUT2D eigenvalue weighted by molar-refractivity contribution is 5.54. The summed E-state index contributed by atoms with van der Waals surface area (Å²) in [6.45, 7) is 1.38. The van der Waals surface area contributed by atoms with Gasteiger partial charge in [-0.15, -0.1) is 0 Å². The third kappa shape index (κ3) is 0.490. The Morgan fingerprint density at radius 2 is 2.67 bits per heavy atom. The second-order valence-electron chi connectivity index (χ2n) is 1.02. The molecule has 1 aliphatic rings. The summed E-state index contributed by atoms with van der Waals surface area (Å²) in [5, 5.41) is 1.51. The van der Waals surface area contributed by atoms with Gasteiger partial charge in [0.15, 0.2) is 0 Å². The minimum atomic E-state index is 1.38. The van der Waals surface area contributed by atoms with Crippen LogP contribution in [0.15, 0.2) is 4.99 Å². The second kappa shape index (κ2) is 1.26. The lowest BCUT2D eigenvalue weighted by Gasteiger charge is -1.99. The zero-order valence-electron chi connectivity index (χ0n) is 3.46. The number of nitrogens with zero attached hydrogens (tertiary/aromatic N) is 2. The lowest BCUT2D eigenvalue weighted by atomic mass is 11.1. The summed E-state index contributed by atoms with van der Waals surface area (Å²) in [4.78, 5) is 8.26. The lowest BCUT2D eigenvalue weighted by Crippen LogP contribution is -2.07. The number of hydrogen-bond donors (Lipinski definition) is 0. The van der Waals surface area contributed by atoms with E-state index in [-0.39, 0.29) is 0 Å². The molecule has 33 valence electrons. The van der Waals surface area contributed by atoms with Gasteiger partial charge in [0.2, 0.25) is 6.73 Å². The van der Waals surface area contributed by atoms with Crippen molar-refractivity contribution in [2.24, 2.45) is 4.99 Å². The number of rotatable bonds is 0. The van der Waals surface area contributed by atoms with Gasteiger partial charge in [0.05, 0.1) is 0 Å². The highest BCUT2D eigenvalue weighted by atomic mass is 16.7. The fourth-order valence-corrected chi connectivity index (χ4v) is 0.250. The van der Waals surface area contributed by atoms with Gasteiger partial charge in [0.25, 0.3) is 0 Å². The van der Waals surface area contributed by atoms with Gasteiger partial charge >= 0.3 is 0 Å². The van der Waals surface area contributed by atoms with Crippen LogP contribution in [0.2, 0.25) is 0 Å². The number of aliphatic imine (C=N–C) groups is 1. The molecule has 0 spiro atoms. The van der Waals surface area contributed by atoms with E-state index in [0.29, 0.717) is 0 Å². The number of hydrogen-bond acceptors (Lipinski definition) is 3. The van der Waals surface area contributed by atoms with Gasteiger partial charge in [0.1, 0.15) is 6.34 Å². The molecule has 0 fully saturated rings. The highest BCUT2D eigenvalue weighted by Crippen LogP contribution is 1.93. The summed E-state index contributed by atoms with van der Waals surface area (Å²) < 4.78 is 0. The van der Waals surface area contributed by atoms with Crippen LogP contribution >= 0.6 is 0 Å². The third-order valence-electron chi connectivity index (χ3n) is 0.504. The van der Waals surface area contributed by atoms with Crippen LogP contribution in [-0.2, 0) is 4.84 Å². The van der Waals surface area contributed by atoms with E-state index < -0.39 is 0 Å². The molecule has 0 atom stereocenters. The molecule has 0 saturated heterocycles. The second-order valence-corrected chi connectivity index (χ2v) is 1.02. The summed E-state index contributed by atoms with van der Waals surface area (Å²) >= 11 is 0. The van der Waals surface area contributed by atoms with Crippen LogP contribution in [0.3, 0.4) is 0 Å². The third-order valence-corrected chi connectivity index (χ3v) is 0.504. The average Bonchev–Trinajstić information content (AvgIpc) is 1.86. The van der Waals surface area contributed by atoms with Crippen molar-refractivity contribution in [1.29, 1.82) is 0 Å². The Kier molecular flexibility index (Phi) is 0.759. The SMILES string of the molecule is CN1C=N[CH]O1. The molecule has 0 aromatic heterocycles. The molecule has 0 saturated carbocycles. The minimum absolute atomic E-state index is 1.38. The maximum atomic E-state index is 4.64. The van der Waals surface area contributed by atoms with Gasteiger partial charge in [-0.1, -0.05) is 0 Å². The van der Waals surface area contributed by atoms with E-state index in [1.54, 1.807) is 13.4 Å². The van der Waals surface area contributed by atoms with Crippen molar-refractivity contribution in [1.82, 2.24) is 5.06 Å². The van der Waals surface area contributed by atoms with Gasteiger partial charge in [-0.25, -0.2) is 14.9 Å². The monoisotopic (exact) mass is 85.0 g/mol. The Bertz CT molecular complexity index is 71.2. The van der Waals surface area contributed by atoms with Crippen molar-refractivity contribution in [3.63, 3.8) is 0 Å². The molecule has 3 heteroatoms. The summed E-state index contributed by atoms with van der Waals surface area (Å²) in [6.07, 6.45) is 1.58. The first-order chi connectivity index (χ1) is 2.89. The molecule has 0 bridgehead atoms.